The second-order valence-electron chi connectivity index (χ2n) is 6.09. The van der Waals surface area contributed by atoms with Crippen molar-refractivity contribution >= 4 is 29.7 Å². The van der Waals surface area contributed by atoms with Crippen LogP contribution in [0.5, 0.6) is 0 Å². The maximum Gasteiger partial charge on any atom is 0.414 e. The Morgan fingerprint density at radius 1 is 1.37 bits per heavy atom. The van der Waals surface area contributed by atoms with Gasteiger partial charge in [0, 0.05) is 30.7 Å². The molecule has 3 aromatic rings. The number of aromatic nitrogens is 3. The van der Waals surface area contributed by atoms with Gasteiger partial charge in [0.15, 0.2) is 0 Å². The van der Waals surface area contributed by atoms with Crippen molar-refractivity contribution in [1.29, 1.82) is 0 Å². The van der Waals surface area contributed by atoms with Crippen molar-refractivity contribution in [2.45, 2.75) is 20.0 Å². The van der Waals surface area contributed by atoms with Gasteiger partial charge in [0.05, 0.1) is 23.7 Å². The number of anilines is 2. The lowest BCUT2D eigenvalue weighted by molar-refractivity contribution is -0.105. The summed E-state index contributed by atoms with van der Waals surface area (Å²) in [5, 5.41) is 2.48. The standard InChI is InChI=1S/C18H18FN5O3/c1-11(2)27-18(26)23(3)13-7-20-17-22-16(9-24(17)8-13)14-6-12(21-10-25)4-5-15(14)19/h4-11H,1-3H3,(H,21,25). The lowest BCUT2D eigenvalue weighted by atomic mass is 10.1. The molecular formula is C18H18FN5O3. The quantitative estimate of drug-likeness (QED) is 0.696. The highest BCUT2D eigenvalue weighted by Crippen LogP contribution is 2.26. The van der Waals surface area contributed by atoms with Gasteiger partial charge in [-0.05, 0) is 32.0 Å². The summed E-state index contributed by atoms with van der Waals surface area (Å²) in [7, 11) is 1.57. The average Bonchev–Trinajstić information content (AvgIpc) is 3.05. The number of rotatable bonds is 5. The highest BCUT2D eigenvalue weighted by atomic mass is 19.1. The predicted octanol–water partition coefficient (Wildman–Crippen LogP) is 3.08. The Hall–Kier alpha value is -3.49. The normalized spacial score (nSPS) is 10.9. The van der Waals surface area contributed by atoms with Gasteiger partial charge in [0.25, 0.3) is 0 Å². The minimum absolute atomic E-state index is 0.224. The van der Waals surface area contributed by atoms with E-state index in [0.29, 0.717) is 29.3 Å². The highest BCUT2D eigenvalue weighted by Gasteiger charge is 2.16. The van der Waals surface area contributed by atoms with Crippen LogP contribution < -0.4 is 10.2 Å². The van der Waals surface area contributed by atoms with E-state index in [2.05, 4.69) is 15.3 Å². The first-order chi connectivity index (χ1) is 12.9. The fourth-order valence-electron chi connectivity index (χ4n) is 2.44. The molecule has 8 nitrogen and oxygen atoms in total. The first kappa shape index (κ1) is 18.3. The summed E-state index contributed by atoms with van der Waals surface area (Å²) in [5.74, 6) is -0.139. The number of carbonyl (C=O) groups excluding carboxylic acids is 2. The number of ether oxygens (including phenoxy) is 1. The van der Waals surface area contributed by atoms with Gasteiger partial charge in [-0.1, -0.05) is 0 Å². The molecule has 2 amide bonds. The molecule has 2 aromatic heterocycles. The zero-order chi connectivity index (χ0) is 19.6. The molecule has 0 atom stereocenters. The van der Waals surface area contributed by atoms with Crippen LogP contribution >= 0.6 is 0 Å². The molecule has 0 aliphatic carbocycles. The first-order valence-electron chi connectivity index (χ1n) is 8.18. The van der Waals surface area contributed by atoms with Gasteiger partial charge >= 0.3 is 6.09 Å². The third-order valence-corrected chi connectivity index (χ3v) is 3.76. The molecule has 0 aliphatic rings. The lowest BCUT2D eigenvalue weighted by Gasteiger charge is -2.18. The van der Waals surface area contributed by atoms with Gasteiger partial charge in [0.1, 0.15) is 5.82 Å². The summed E-state index contributed by atoms with van der Waals surface area (Å²) in [4.78, 5) is 32.4. The summed E-state index contributed by atoms with van der Waals surface area (Å²) >= 11 is 0. The Kier molecular flexibility index (Phi) is 5.02. The predicted molar refractivity (Wildman–Crippen MR) is 98.1 cm³/mol. The van der Waals surface area contributed by atoms with E-state index >= 15 is 0 Å². The summed E-state index contributed by atoms with van der Waals surface area (Å²) in [5.41, 5.74) is 1.51. The number of fused-ring (bicyclic) bond motifs is 1. The molecule has 9 heteroatoms. The van der Waals surface area contributed by atoms with Gasteiger partial charge in [0.2, 0.25) is 12.2 Å². The van der Waals surface area contributed by atoms with Crippen LogP contribution in [0.25, 0.3) is 17.0 Å². The largest absolute Gasteiger partial charge is 0.446 e. The Morgan fingerprint density at radius 3 is 2.85 bits per heavy atom. The van der Waals surface area contributed by atoms with Crippen LogP contribution in [0.4, 0.5) is 20.6 Å². The number of amides is 2. The Morgan fingerprint density at radius 2 is 2.15 bits per heavy atom. The SMILES string of the molecule is CC(C)OC(=O)N(C)c1cnc2nc(-c3cc(NC=O)ccc3F)cn2c1. The number of nitrogens with zero attached hydrogens (tertiary/aromatic N) is 4. The number of imidazole rings is 1. The number of carbonyl (C=O) groups is 2. The van der Waals surface area contributed by atoms with E-state index < -0.39 is 11.9 Å². The molecule has 0 saturated heterocycles. The van der Waals surface area contributed by atoms with Crippen molar-refractivity contribution in [3.63, 3.8) is 0 Å². The van der Waals surface area contributed by atoms with Crippen molar-refractivity contribution in [1.82, 2.24) is 14.4 Å². The molecule has 1 aromatic carbocycles. The maximum absolute atomic E-state index is 14.2. The van der Waals surface area contributed by atoms with E-state index in [1.54, 1.807) is 37.7 Å². The Balaban J connectivity index is 1.96. The molecule has 0 saturated carbocycles. The van der Waals surface area contributed by atoms with Crippen LogP contribution in [0.3, 0.4) is 0 Å². The molecule has 0 aliphatic heterocycles. The van der Waals surface area contributed by atoms with E-state index in [0.717, 1.165) is 0 Å². The molecule has 0 spiro atoms. The van der Waals surface area contributed by atoms with Gasteiger partial charge in [-0.15, -0.1) is 0 Å². The first-order valence-corrected chi connectivity index (χ1v) is 8.18. The van der Waals surface area contributed by atoms with Crippen molar-refractivity contribution < 1.29 is 18.7 Å². The van der Waals surface area contributed by atoms with Crippen LogP contribution in [0.15, 0.2) is 36.8 Å². The summed E-state index contributed by atoms with van der Waals surface area (Å²) in [6.45, 7) is 3.52. The number of nitrogens with one attached hydrogen (secondary N) is 1. The van der Waals surface area contributed by atoms with Gasteiger partial charge in [-0.25, -0.2) is 19.2 Å². The van der Waals surface area contributed by atoms with Crippen LogP contribution in [-0.2, 0) is 9.53 Å². The third-order valence-electron chi connectivity index (χ3n) is 3.76. The van der Waals surface area contributed by atoms with Gasteiger partial charge in [-0.2, -0.15) is 0 Å². The Bertz CT molecular complexity index is 1000. The van der Waals surface area contributed by atoms with Crippen LogP contribution in [0.2, 0.25) is 0 Å². The molecule has 1 N–H and O–H groups in total. The zero-order valence-electron chi connectivity index (χ0n) is 15.0. The number of hydrogen-bond acceptors (Lipinski definition) is 5. The zero-order valence-corrected chi connectivity index (χ0v) is 15.0. The fourth-order valence-corrected chi connectivity index (χ4v) is 2.44. The average molecular weight is 371 g/mol. The van der Waals surface area contributed by atoms with Crippen LogP contribution in [0.1, 0.15) is 13.8 Å². The molecule has 0 bridgehead atoms. The lowest BCUT2D eigenvalue weighted by Crippen LogP contribution is -2.29. The molecule has 0 radical (unpaired) electrons. The number of halogens is 1. The van der Waals surface area contributed by atoms with E-state index in [4.69, 9.17) is 4.74 Å². The van der Waals surface area contributed by atoms with Crippen molar-refractivity contribution in [3.05, 3.63) is 42.6 Å². The summed E-state index contributed by atoms with van der Waals surface area (Å²) in [6, 6.07) is 4.19. The van der Waals surface area contributed by atoms with Crippen molar-refractivity contribution in [2.24, 2.45) is 0 Å². The second kappa shape index (κ2) is 7.40. The van der Waals surface area contributed by atoms with E-state index in [1.165, 1.54) is 29.3 Å². The molecule has 140 valence electrons. The van der Waals surface area contributed by atoms with E-state index in [-0.39, 0.29) is 11.7 Å². The molecule has 0 unspecified atom stereocenters. The van der Waals surface area contributed by atoms with Gasteiger partial charge < -0.3 is 10.1 Å². The van der Waals surface area contributed by atoms with Gasteiger partial charge in [-0.3, -0.25) is 14.1 Å². The fraction of sp³-hybridized carbons (Fsp3) is 0.222. The third kappa shape index (κ3) is 3.86. The molecular weight excluding hydrogens is 353 g/mol. The topological polar surface area (TPSA) is 88.8 Å². The number of benzene rings is 1. The van der Waals surface area contributed by atoms with Crippen LogP contribution in [0, 0.1) is 5.82 Å². The summed E-state index contributed by atoms with van der Waals surface area (Å²) < 4.78 is 20.9. The van der Waals surface area contributed by atoms with E-state index in [9.17, 15) is 14.0 Å². The molecule has 0 fully saturated rings. The minimum Gasteiger partial charge on any atom is -0.446 e. The van der Waals surface area contributed by atoms with Crippen molar-refractivity contribution in [2.75, 3.05) is 17.3 Å². The molecule has 3 rings (SSSR count). The maximum atomic E-state index is 14.2. The minimum atomic E-state index is -0.509. The monoisotopic (exact) mass is 371 g/mol. The van der Waals surface area contributed by atoms with Crippen LogP contribution in [-0.4, -0.2) is 40.0 Å². The number of hydrogen-bond donors (Lipinski definition) is 1. The Labute approximate surface area is 154 Å². The van der Waals surface area contributed by atoms with E-state index in [1.807, 2.05) is 0 Å². The highest BCUT2D eigenvalue weighted by molar-refractivity contribution is 5.86. The summed E-state index contributed by atoms with van der Waals surface area (Å²) in [6.07, 6.45) is 4.48. The smallest absolute Gasteiger partial charge is 0.414 e. The molecule has 27 heavy (non-hydrogen) atoms. The van der Waals surface area contributed by atoms with Crippen molar-refractivity contribution in [3.8, 4) is 11.3 Å². The second-order valence-corrected chi connectivity index (χ2v) is 6.09. The molecule has 2 heterocycles.